The van der Waals surface area contributed by atoms with E-state index in [1.54, 1.807) is 6.20 Å². The van der Waals surface area contributed by atoms with Crippen molar-refractivity contribution < 1.29 is 5.11 Å². The molecular weight excluding hydrogens is 250 g/mol. The Morgan fingerprint density at radius 1 is 1.30 bits per heavy atom. The van der Waals surface area contributed by atoms with Gasteiger partial charge in [-0.25, -0.2) is 4.68 Å². The van der Waals surface area contributed by atoms with E-state index < -0.39 is 0 Å². The number of rotatable bonds is 8. The zero-order chi connectivity index (χ0) is 14.2. The molecule has 1 atom stereocenters. The Labute approximate surface area is 120 Å². The highest BCUT2D eigenvalue weighted by Crippen LogP contribution is 2.08. The van der Waals surface area contributed by atoms with Crippen molar-refractivity contribution in [2.45, 2.75) is 26.3 Å². The maximum atomic E-state index is 8.95. The minimum Gasteiger partial charge on any atom is -0.396 e. The zero-order valence-corrected chi connectivity index (χ0v) is 12.0. The van der Waals surface area contributed by atoms with Crippen molar-refractivity contribution in [2.24, 2.45) is 5.92 Å². The zero-order valence-electron chi connectivity index (χ0n) is 12.0. The van der Waals surface area contributed by atoms with Crippen molar-refractivity contribution in [1.29, 1.82) is 0 Å². The second-order valence-electron chi connectivity index (χ2n) is 5.22. The van der Waals surface area contributed by atoms with E-state index in [4.69, 9.17) is 5.11 Å². The molecule has 0 fully saturated rings. The van der Waals surface area contributed by atoms with Crippen molar-refractivity contribution >= 4 is 0 Å². The molecule has 0 saturated carbocycles. The maximum Gasteiger partial charge on any atom is 0.0645 e. The highest BCUT2D eigenvalue weighted by Gasteiger charge is 2.00. The van der Waals surface area contributed by atoms with Gasteiger partial charge in [-0.3, -0.25) is 0 Å². The van der Waals surface area contributed by atoms with Gasteiger partial charge in [0.2, 0.25) is 0 Å². The number of aliphatic hydroxyl groups excluding tert-OH is 1. The molecule has 1 unspecified atom stereocenters. The number of aromatic nitrogens is 2. The SMILES string of the molecule is CC(CO)CCCNCc1ccc(-n2cccn2)cc1. The number of hydrogen-bond acceptors (Lipinski definition) is 3. The van der Waals surface area contributed by atoms with Crippen LogP contribution >= 0.6 is 0 Å². The molecule has 0 aliphatic heterocycles. The highest BCUT2D eigenvalue weighted by atomic mass is 16.3. The van der Waals surface area contributed by atoms with Crippen molar-refractivity contribution in [1.82, 2.24) is 15.1 Å². The number of benzene rings is 1. The fraction of sp³-hybridized carbons (Fsp3) is 0.438. The van der Waals surface area contributed by atoms with Crippen LogP contribution in [0.3, 0.4) is 0 Å². The van der Waals surface area contributed by atoms with Gasteiger partial charge >= 0.3 is 0 Å². The molecule has 0 aliphatic carbocycles. The van der Waals surface area contributed by atoms with Gasteiger partial charge in [-0.2, -0.15) is 5.10 Å². The average molecular weight is 273 g/mol. The van der Waals surface area contributed by atoms with Crippen LogP contribution in [0.1, 0.15) is 25.3 Å². The largest absolute Gasteiger partial charge is 0.396 e. The van der Waals surface area contributed by atoms with Gasteiger partial charge in [-0.05, 0) is 49.1 Å². The summed E-state index contributed by atoms with van der Waals surface area (Å²) in [5.74, 6) is 0.408. The third-order valence-corrected chi connectivity index (χ3v) is 3.40. The van der Waals surface area contributed by atoms with Gasteiger partial charge in [-0.1, -0.05) is 19.1 Å². The van der Waals surface area contributed by atoms with Gasteiger partial charge in [-0.15, -0.1) is 0 Å². The molecule has 2 aromatic rings. The third kappa shape index (κ3) is 4.47. The first kappa shape index (κ1) is 14.8. The smallest absolute Gasteiger partial charge is 0.0645 e. The van der Waals surface area contributed by atoms with Crippen LogP contribution in [0.5, 0.6) is 0 Å². The van der Waals surface area contributed by atoms with Gasteiger partial charge in [0.1, 0.15) is 0 Å². The Morgan fingerprint density at radius 3 is 2.75 bits per heavy atom. The molecule has 108 valence electrons. The van der Waals surface area contributed by atoms with Crippen LogP contribution in [-0.4, -0.2) is 28.0 Å². The Bertz CT molecular complexity index is 479. The van der Waals surface area contributed by atoms with Crippen molar-refractivity contribution in [2.75, 3.05) is 13.2 Å². The average Bonchev–Trinajstić information content (AvgIpc) is 3.01. The van der Waals surface area contributed by atoms with Crippen LogP contribution < -0.4 is 5.32 Å². The van der Waals surface area contributed by atoms with Crippen molar-refractivity contribution in [3.05, 3.63) is 48.3 Å². The van der Waals surface area contributed by atoms with Crippen molar-refractivity contribution in [3.8, 4) is 5.69 Å². The fourth-order valence-corrected chi connectivity index (χ4v) is 2.09. The van der Waals surface area contributed by atoms with Crippen LogP contribution in [0.4, 0.5) is 0 Å². The van der Waals surface area contributed by atoms with E-state index in [9.17, 15) is 0 Å². The minimum atomic E-state index is 0.287. The molecule has 20 heavy (non-hydrogen) atoms. The van der Waals surface area contributed by atoms with E-state index in [0.29, 0.717) is 5.92 Å². The lowest BCUT2D eigenvalue weighted by molar-refractivity contribution is 0.228. The number of nitrogens with one attached hydrogen (secondary N) is 1. The van der Waals surface area contributed by atoms with E-state index in [1.165, 1.54) is 5.56 Å². The minimum absolute atomic E-state index is 0.287. The molecule has 0 radical (unpaired) electrons. The van der Waals surface area contributed by atoms with Crippen molar-refractivity contribution in [3.63, 3.8) is 0 Å². The van der Waals surface area contributed by atoms with Gasteiger partial charge in [0.25, 0.3) is 0 Å². The van der Waals surface area contributed by atoms with Gasteiger partial charge in [0.15, 0.2) is 0 Å². The van der Waals surface area contributed by atoms with Crippen LogP contribution in [-0.2, 0) is 6.54 Å². The van der Waals surface area contributed by atoms with Crippen LogP contribution in [0, 0.1) is 5.92 Å². The predicted octanol–water partition coefficient (Wildman–Crippen LogP) is 2.37. The lowest BCUT2D eigenvalue weighted by Gasteiger charge is -2.09. The first-order valence-electron chi connectivity index (χ1n) is 7.20. The topological polar surface area (TPSA) is 50.1 Å². The molecule has 4 heteroatoms. The van der Waals surface area contributed by atoms with Gasteiger partial charge < -0.3 is 10.4 Å². The molecule has 1 heterocycles. The highest BCUT2D eigenvalue weighted by molar-refractivity contribution is 5.33. The summed E-state index contributed by atoms with van der Waals surface area (Å²) in [5, 5.41) is 16.6. The molecule has 0 aliphatic rings. The molecule has 2 rings (SSSR count). The number of nitrogens with zero attached hydrogens (tertiary/aromatic N) is 2. The summed E-state index contributed by atoms with van der Waals surface area (Å²) in [6.45, 7) is 4.24. The van der Waals surface area contributed by atoms with Gasteiger partial charge in [0.05, 0.1) is 5.69 Å². The third-order valence-electron chi connectivity index (χ3n) is 3.40. The fourth-order valence-electron chi connectivity index (χ4n) is 2.09. The van der Waals surface area contributed by atoms with E-state index in [1.807, 2.05) is 16.9 Å². The summed E-state index contributed by atoms with van der Waals surface area (Å²) in [4.78, 5) is 0. The molecule has 1 aromatic carbocycles. The summed E-state index contributed by atoms with van der Waals surface area (Å²) in [6, 6.07) is 10.3. The summed E-state index contributed by atoms with van der Waals surface area (Å²) < 4.78 is 1.85. The van der Waals surface area contributed by atoms with E-state index >= 15 is 0 Å². The molecule has 1 aromatic heterocycles. The normalized spacial score (nSPS) is 12.5. The van der Waals surface area contributed by atoms with E-state index in [2.05, 4.69) is 41.6 Å². The van der Waals surface area contributed by atoms with Crippen LogP contribution in [0.15, 0.2) is 42.7 Å². The van der Waals surface area contributed by atoms with Gasteiger partial charge in [0, 0.05) is 25.5 Å². The molecular formula is C16H23N3O. The summed E-state index contributed by atoms with van der Waals surface area (Å²) in [6.07, 6.45) is 5.90. The Hall–Kier alpha value is -1.65. The standard InChI is InChI=1S/C16H23N3O/c1-14(13-20)4-2-9-17-12-15-5-7-16(8-6-15)19-11-3-10-18-19/h3,5-8,10-11,14,17,20H,2,4,9,12-13H2,1H3. The lowest BCUT2D eigenvalue weighted by atomic mass is 10.1. The Kier molecular flexibility index (Phi) is 5.77. The Balaban J connectivity index is 1.72. The van der Waals surface area contributed by atoms with E-state index in [0.717, 1.165) is 31.6 Å². The number of hydrogen-bond donors (Lipinski definition) is 2. The second-order valence-corrected chi connectivity index (χ2v) is 5.22. The number of aliphatic hydroxyl groups is 1. The quantitative estimate of drug-likeness (QED) is 0.726. The summed E-state index contributed by atoms with van der Waals surface area (Å²) in [7, 11) is 0. The molecule has 0 saturated heterocycles. The molecule has 4 nitrogen and oxygen atoms in total. The molecule has 0 bridgehead atoms. The molecule has 0 spiro atoms. The van der Waals surface area contributed by atoms with Crippen LogP contribution in [0.25, 0.3) is 5.69 Å². The summed E-state index contributed by atoms with van der Waals surface area (Å²) >= 11 is 0. The predicted molar refractivity (Wildman–Crippen MR) is 80.8 cm³/mol. The second kappa shape index (κ2) is 7.82. The molecule has 0 amide bonds. The first-order valence-corrected chi connectivity index (χ1v) is 7.20. The van der Waals surface area contributed by atoms with Crippen LogP contribution in [0.2, 0.25) is 0 Å². The first-order chi connectivity index (χ1) is 9.79. The molecule has 2 N–H and O–H groups in total. The monoisotopic (exact) mass is 273 g/mol. The Morgan fingerprint density at radius 2 is 2.10 bits per heavy atom. The maximum absolute atomic E-state index is 8.95. The summed E-state index contributed by atoms with van der Waals surface area (Å²) in [5.41, 5.74) is 2.35. The van der Waals surface area contributed by atoms with E-state index in [-0.39, 0.29) is 6.61 Å². The lowest BCUT2D eigenvalue weighted by Crippen LogP contribution is -2.16.